The number of benzene rings is 1. The fourth-order valence-electron chi connectivity index (χ4n) is 1.69. The third kappa shape index (κ3) is 4.54. The maximum atomic E-state index is 13.5. The van der Waals surface area contributed by atoms with Crippen molar-refractivity contribution >= 4 is 23.7 Å². The summed E-state index contributed by atoms with van der Waals surface area (Å²) in [4.78, 5) is 12.2. The van der Waals surface area contributed by atoms with Crippen LogP contribution in [0.2, 0.25) is 0 Å². The predicted octanol–water partition coefficient (Wildman–Crippen LogP) is 3.16. The average molecular weight is 310 g/mol. The lowest BCUT2D eigenvalue weighted by atomic mass is 9.93. The van der Waals surface area contributed by atoms with Crippen molar-refractivity contribution in [2.45, 2.75) is 26.3 Å². The highest BCUT2D eigenvalue weighted by Crippen LogP contribution is 2.23. The van der Waals surface area contributed by atoms with E-state index in [1.165, 1.54) is 12.1 Å². The van der Waals surface area contributed by atoms with Gasteiger partial charge >= 0.3 is 0 Å². The number of halogens is 2. The summed E-state index contributed by atoms with van der Waals surface area (Å²) < 4.78 is 13.5. The maximum absolute atomic E-state index is 13.5. The summed E-state index contributed by atoms with van der Waals surface area (Å²) in [7, 11) is 0. The molecule has 1 atom stereocenters. The van der Waals surface area contributed by atoms with Crippen LogP contribution in [0, 0.1) is 28.0 Å². The lowest BCUT2D eigenvalue weighted by Gasteiger charge is -2.25. The molecule has 1 amide bonds. The minimum Gasteiger partial charge on any atom is -0.348 e. The van der Waals surface area contributed by atoms with Gasteiger partial charge in [-0.15, -0.1) is 11.6 Å². The molecule has 1 aromatic rings. The smallest absolute Gasteiger partial charge is 0.227 e. The van der Waals surface area contributed by atoms with Gasteiger partial charge in [-0.1, -0.05) is 0 Å². The summed E-state index contributed by atoms with van der Waals surface area (Å²) in [6.45, 7) is 3.40. The van der Waals surface area contributed by atoms with E-state index in [0.717, 1.165) is 12.3 Å². The average Bonchev–Trinajstić information content (AvgIpc) is 2.45. The van der Waals surface area contributed by atoms with Gasteiger partial charge in [-0.05, 0) is 43.8 Å². The first-order valence-corrected chi connectivity index (χ1v) is 6.94. The topological polar surface area (TPSA) is 76.7 Å². The Kier molecular flexibility index (Phi) is 5.86. The first kappa shape index (κ1) is 17.1. The van der Waals surface area contributed by atoms with Gasteiger partial charge in [-0.2, -0.15) is 5.26 Å². The lowest BCUT2D eigenvalue weighted by Crippen LogP contribution is -2.40. The Hall–Kier alpha value is -1.93. The highest BCUT2D eigenvalue weighted by Gasteiger charge is 2.28. The molecule has 0 aliphatic carbocycles. The third-order valence-corrected chi connectivity index (χ3v) is 3.73. The molecule has 0 saturated heterocycles. The van der Waals surface area contributed by atoms with Crippen molar-refractivity contribution in [3.8, 4) is 6.07 Å². The number of alkyl halides is 1. The molecule has 0 radical (unpaired) electrons. The Bertz CT molecular complexity index is 581. The van der Waals surface area contributed by atoms with Gasteiger partial charge < -0.3 is 10.7 Å². The Labute approximate surface area is 128 Å². The van der Waals surface area contributed by atoms with E-state index in [0.29, 0.717) is 5.56 Å². The van der Waals surface area contributed by atoms with E-state index in [4.69, 9.17) is 22.3 Å². The van der Waals surface area contributed by atoms with Crippen molar-refractivity contribution in [3.05, 3.63) is 35.1 Å². The number of nitrogens with zero attached hydrogens (tertiary/aromatic N) is 1. The van der Waals surface area contributed by atoms with Crippen molar-refractivity contribution < 1.29 is 9.18 Å². The molecular weight excluding hydrogens is 293 g/mol. The number of hydrogen-bond donors (Lipinski definition) is 2. The van der Waals surface area contributed by atoms with Gasteiger partial charge in [-0.3, -0.25) is 4.79 Å². The van der Waals surface area contributed by atoms with E-state index in [1.54, 1.807) is 13.8 Å². The summed E-state index contributed by atoms with van der Waals surface area (Å²) >= 11 is 5.76. The SMILES string of the molecule is CC(C)(CCl)C(=O)NC(CC=N)c1cc(F)cc(C#N)c1. The van der Waals surface area contributed by atoms with Gasteiger partial charge in [0, 0.05) is 12.3 Å². The van der Waals surface area contributed by atoms with Gasteiger partial charge in [0.25, 0.3) is 0 Å². The van der Waals surface area contributed by atoms with Crippen LogP contribution >= 0.6 is 11.6 Å². The molecule has 1 aromatic carbocycles. The second-order valence-corrected chi connectivity index (χ2v) is 5.64. The van der Waals surface area contributed by atoms with Crippen LogP contribution in [0.1, 0.15) is 37.4 Å². The minimum atomic E-state index is -0.771. The van der Waals surface area contributed by atoms with Crippen LogP contribution in [-0.2, 0) is 4.79 Å². The van der Waals surface area contributed by atoms with Gasteiger partial charge in [-0.25, -0.2) is 4.39 Å². The first-order chi connectivity index (χ1) is 9.83. The molecule has 0 aliphatic rings. The molecule has 112 valence electrons. The van der Waals surface area contributed by atoms with E-state index < -0.39 is 17.3 Å². The van der Waals surface area contributed by atoms with Crippen LogP contribution in [0.5, 0.6) is 0 Å². The van der Waals surface area contributed by atoms with Crippen molar-refractivity contribution in [1.82, 2.24) is 5.32 Å². The molecule has 2 N–H and O–H groups in total. The predicted molar refractivity (Wildman–Crippen MR) is 79.9 cm³/mol. The molecule has 1 unspecified atom stereocenters. The van der Waals surface area contributed by atoms with Crippen molar-refractivity contribution in [3.63, 3.8) is 0 Å². The number of nitrogens with one attached hydrogen (secondary N) is 2. The quantitative estimate of drug-likeness (QED) is 0.625. The normalized spacial score (nSPS) is 12.3. The highest BCUT2D eigenvalue weighted by atomic mass is 35.5. The zero-order valence-corrected chi connectivity index (χ0v) is 12.7. The number of carbonyl (C=O) groups is 1. The lowest BCUT2D eigenvalue weighted by molar-refractivity contribution is -0.129. The number of hydrogen-bond acceptors (Lipinski definition) is 3. The van der Waals surface area contributed by atoms with Crippen LogP contribution in [0.15, 0.2) is 18.2 Å². The van der Waals surface area contributed by atoms with Gasteiger partial charge in [0.15, 0.2) is 0 Å². The summed E-state index contributed by atoms with van der Waals surface area (Å²) in [6.07, 6.45) is 1.34. The summed E-state index contributed by atoms with van der Waals surface area (Å²) in [5, 5.41) is 18.9. The fourth-order valence-corrected chi connectivity index (χ4v) is 1.81. The zero-order valence-electron chi connectivity index (χ0n) is 11.9. The van der Waals surface area contributed by atoms with Gasteiger partial charge in [0.2, 0.25) is 5.91 Å². The van der Waals surface area contributed by atoms with E-state index >= 15 is 0 Å². The van der Waals surface area contributed by atoms with Crippen LogP contribution in [0.25, 0.3) is 0 Å². The minimum absolute atomic E-state index is 0.142. The molecule has 0 spiro atoms. The van der Waals surface area contributed by atoms with Crippen LogP contribution in [0.3, 0.4) is 0 Å². The van der Waals surface area contributed by atoms with E-state index in [2.05, 4.69) is 5.32 Å². The molecule has 0 bridgehead atoms. The second kappa shape index (κ2) is 7.19. The molecule has 0 fully saturated rings. The maximum Gasteiger partial charge on any atom is 0.227 e. The van der Waals surface area contributed by atoms with E-state index in [-0.39, 0.29) is 23.8 Å². The molecule has 4 nitrogen and oxygen atoms in total. The third-order valence-electron chi connectivity index (χ3n) is 3.06. The summed E-state index contributed by atoms with van der Waals surface area (Å²) in [6, 6.07) is 5.18. The Balaban J connectivity index is 3.08. The number of rotatable bonds is 6. The zero-order chi connectivity index (χ0) is 16.0. The largest absolute Gasteiger partial charge is 0.348 e. The van der Waals surface area contributed by atoms with Crippen molar-refractivity contribution in [2.75, 3.05) is 5.88 Å². The molecule has 1 rings (SSSR count). The Morgan fingerprint density at radius 1 is 1.57 bits per heavy atom. The summed E-state index contributed by atoms with van der Waals surface area (Å²) in [5.41, 5.74) is -0.146. The summed E-state index contributed by atoms with van der Waals surface area (Å²) in [5.74, 6) is -0.695. The fraction of sp³-hybridized carbons (Fsp3) is 0.400. The Morgan fingerprint density at radius 3 is 2.76 bits per heavy atom. The van der Waals surface area contributed by atoms with Crippen LogP contribution < -0.4 is 5.32 Å². The number of amides is 1. The van der Waals surface area contributed by atoms with Crippen LogP contribution in [-0.4, -0.2) is 18.0 Å². The number of nitriles is 1. The van der Waals surface area contributed by atoms with Crippen molar-refractivity contribution in [2.24, 2.45) is 5.41 Å². The molecule has 0 aromatic heterocycles. The molecular formula is C15H17ClFN3O. The second-order valence-electron chi connectivity index (χ2n) is 5.37. The monoisotopic (exact) mass is 309 g/mol. The van der Waals surface area contributed by atoms with E-state index in [1.807, 2.05) is 6.07 Å². The van der Waals surface area contributed by atoms with Crippen LogP contribution in [0.4, 0.5) is 4.39 Å². The molecule has 0 heterocycles. The first-order valence-electron chi connectivity index (χ1n) is 6.40. The standard InChI is InChI=1S/C15H17ClFN3O/c1-15(2,9-16)14(21)20-13(3-4-18)11-5-10(8-19)6-12(17)7-11/h4-7,13,18H,3,9H2,1-2H3,(H,20,21). The molecule has 0 saturated carbocycles. The van der Waals surface area contributed by atoms with Gasteiger partial charge in [0.05, 0.1) is 23.1 Å². The molecule has 6 heteroatoms. The number of carbonyl (C=O) groups excluding carboxylic acids is 1. The Morgan fingerprint density at radius 2 is 2.24 bits per heavy atom. The highest BCUT2D eigenvalue weighted by molar-refractivity contribution is 6.19. The molecule has 21 heavy (non-hydrogen) atoms. The molecule has 0 aliphatic heterocycles. The van der Waals surface area contributed by atoms with Gasteiger partial charge in [0.1, 0.15) is 5.82 Å². The van der Waals surface area contributed by atoms with E-state index in [9.17, 15) is 9.18 Å². The van der Waals surface area contributed by atoms with Crippen molar-refractivity contribution in [1.29, 1.82) is 10.7 Å².